The average molecular weight is 324 g/mol. The highest BCUT2D eigenvalue weighted by atomic mass is 16.2. The summed E-state index contributed by atoms with van der Waals surface area (Å²) in [6, 6.07) is 15.6. The van der Waals surface area contributed by atoms with E-state index < -0.39 is 11.8 Å². The van der Waals surface area contributed by atoms with Crippen LogP contribution in [0.3, 0.4) is 0 Å². The summed E-state index contributed by atoms with van der Waals surface area (Å²) in [5.74, 6) is -0.827. The van der Waals surface area contributed by atoms with Gasteiger partial charge >= 0.3 is 11.8 Å². The van der Waals surface area contributed by atoms with Crippen LogP contribution in [0.15, 0.2) is 48.5 Å². The smallest absolute Gasteiger partial charge is 0.313 e. The summed E-state index contributed by atoms with van der Waals surface area (Å²) in [4.78, 5) is 23.8. The molecule has 0 fully saturated rings. The molecule has 24 heavy (non-hydrogen) atoms. The molecule has 0 bridgehead atoms. The number of aryl methyl sites for hydroxylation is 1. The van der Waals surface area contributed by atoms with Gasteiger partial charge in [0.25, 0.3) is 0 Å². The van der Waals surface area contributed by atoms with Crippen molar-refractivity contribution in [1.29, 1.82) is 0 Å². The summed E-state index contributed by atoms with van der Waals surface area (Å²) < 4.78 is 0. The number of benzene rings is 2. The SMILES string of the molecule is Cc1cccc(CCNC(=O)C(=O)Nc2ccc(C(C)C)cc2)c1. The number of hydrogen-bond donors (Lipinski definition) is 2. The van der Waals surface area contributed by atoms with Gasteiger partial charge in [-0.2, -0.15) is 0 Å². The lowest BCUT2D eigenvalue weighted by Gasteiger charge is -2.09. The van der Waals surface area contributed by atoms with Gasteiger partial charge in [0.2, 0.25) is 0 Å². The zero-order chi connectivity index (χ0) is 17.5. The standard InChI is InChI=1S/C20H24N2O2/c1-14(2)17-7-9-18(10-8-17)22-20(24)19(23)21-12-11-16-6-4-5-15(3)13-16/h4-10,13-14H,11-12H2,1-3H3,(H,21,23)(H,22,24). The Morgan fingerprint density at radius 3 is 2.33 bits per heavy atom. The molecule has 2 amide bonds. The van der Waals surface area contributed by atoms with E-state index in [1.54, 1.807) is 0 Å². The minimum atomic E-state index is -0.642. The highest BCUT2D eigenvalue weighted by molar-refractivity contribution is 6.39. The molecule has 2 rings (SSSR count). The van der Waals surface area contributed by atoms with Crippen LogP contribution in [0, 0.1) is 6.92 Å². The van der Waals surface area contributed by atoms with Crippen LogP contribution in [0.1, 0.15) is 36.5 Å². The van der Waals surface area contributed by atoms with Gasteiger partial charge in [-0.3, -0.25) is 9.59 Å². The summed E-state index contributed by atoms with van der Waals surface area (Å²) in [5, 5.41) is 5.26. The van der Waals surface area contributed by atoms with Crippen molar-refractivity contribution in [3.63, 3.8) is 0 Å². The maximum atomic E-state index is 11.9. The number of carbonyl (C=O) groups is 2. The van der Waals surface area contributed by atoms with Gasteiger partial charge in [-0.05, 0) is 42.5 Å². The van der Waals surface area contributed by atoms with E-state index in [1.165, 1.54) is 11.1 Å². The Hall–Kier alpha value is -2.62. The van der Waals surface area contributed by atoms with Crippen LogP contribution in [-0.4, -0.2) is 18.4 Å². The van der Waals surface area contributed by atoms with Gasteiger partial charge in [0, 0.05) is 12.2 Å². The van der Waals surface area contributed by atoms with Crippen molar-refractivity contribution in [3.8, 4) is 0 Å². The van der Waals surface area contributed by atoms with E-state index in [0.29, 0.717) is 24.6 Å². The van der Waals surface area contributed by atoms with Crippen molar-refractivity contribution in [2.45, 2.75) is 33.1 Å². The first kappa shape index (κ1) is 17.7. The highest BCUT2D eigenvalue weighted by Gasteiger charge is 2.13. The van der Waals surface area contributed by atoms with Gasteiger partial charge in [0.1, 0.15) is 0 Å². The van der Waals surface area contributed by atoms with Crippen LogP contribution in [0.2, 0.25) is 0 Å². The first-order chi connectivity index (χ1) is 11.5. The Bertz CT molecular complexity index is 706. The van der Waals surface area contributed by atoms with Crippen molar-refractivity contribution < 1.29 is 9.59 Å². The molecular formula is C20H24N2O2. The van der Waals surface area contributed by atoms with Crippen LogP contribution < -0.4 is 10.6 Å². The van der Waals surface area contributed by atoms with E-state index in [1.807, 2.05) is 49.4 Å². The van der Waals surface area contributed by atoms with E-state index in [9.17, 15) is 9.59 Å². The number of amides is 2. The van der Waals surface area contributed by atoms with Crippen LogP contribution >= 0.6 is 0 Å². The van der Waals surface area contributed by atoms with Gasteiger partial charge < -0.3 is 10.6 Å². The van der Waals surface area contributed by atoms with E-state index in [0.717, 1.165) is 5.56 Å². The minimum Gasteiger partial charge on any atom is -0.347 e. The Morgan fingerprint density at radius 2 is 1.71 bits per heavy atom. The number of rotatable bonds is 5. The third-order valence-corrected chi connectivity index (χ3v) is 3.82. The maximum Gasteiger partial charge on any atom is 0.313 e. The lowest BCUT2D eigenvalue weighted by atomic mass is 10.0. The van der Waals surface area contributed by atoms with Crippen LogP contribution in [0.25, 0.3) is 0 Å². The van der Waals surface area contributed by atoms with Crippen molar-refractivity contribution in [2.24, 2.45) is 0 Å². The molecule has 0 aliphatic rings. The normalized spacial score (nSPS) is 10.5. The third kappa shape index (κ3) is 5.23. The van der Waals surface area contributed by atoms with Gasteiger partial charge in [-0.25, -0.2) is 0 Å². The Morgan fingerprint density at radius 1 is 1.00 bits per heavy atom. The first-order valence-electron chi connectivity index (χ1n) is 8.20. The molecule has 0 aromatic heterocycles. The average Bonchev–Trinajstić information content (AvgIpc) is 2.55. The molecule has 0 radical (unpaired) electrons. The second kappa shape index (κ2) is 8.29. The fourth-order valence-corrected chi connectivity index (χ4v) is 2.41. The molecule has 0 spiro atoms. The monoisotopic (exact) mass is 324 g/mol. The molecule has 126 valence electrons. The van der Waals surface area contributed by atoms with Crippen LogP contribution in [0.5, 0.6) is 0 Å². The molecule has 2 aromatic carbocycles. The largest absolute Gasteiger partial charge is 0.347 e. The number of carbonyl (C=O) groups excluding carboxylic acids is 2. The molecule has 0 atom stereocenters. The molecule has 0 aliphatic heterocycles. The van der Waals surface area contributed by atoms with E-state index >= 15 is 0 Å². The quantitative estimate of drug-likeness (QED) is 0.828. The number of anilines is 1. The predicted octanol–water partition coefficient (Wildman–Crippen LogP) is 3.42. The Labute approximate surface area is 143 Å². The summed E-state index contributed by atoms with van der Waals surface area (Å²) in [6.07, 6.45) is 0.698. The molecule has 0 heterocycles. The van der Waals surface area contributed by atoms with Gasteiger partial charge in [-0.1, -0.05) is 55.8 Å². The number of hydrogen-bond acceptors (Lipinski definition) is 2. The van der Waals surface area contributed by atoms with E-state index in [-0.39, 0.29) is 0 Å². The van der Waals surface area contributed by atoms with Crippen LogP contribution in [-0.2, 0) is 16.0 Å². The molecule has 0 aliphatic carbocycles. The van der Waals surface area contributed by atoms with Crippen molar-refractivity contribution in [1.82, 2.24) is 5.32 Å². The third-order valence-electron chi connectivity index (χ3n) is 3.82. The van der Waals surface area contributed by atoms with Crippen molar-refractivity contribution in [3.05, 3.63) is 65.2 Å². The summed E-state index contributed by atoms with van der Waals surface area (Å²) in [5.41, 5.74) is 4.13. The molecule has 0 saturated carbocycles. The molecule has 2 N–H and O–H groups in total. The van der Waals surface area contributed by atoms with Gasteiger partial charge in [0.15, 0.2) is 0 Å². The second-order valence-electron chi connectivity index (χ2n) is 6.23. The lowest BCUT2D eigenvalue weighted by molar-refractivity contribution is -0.136. The fraction of sp³-hybridized carbons (Fsp3) is 0.300. The maximum absolute atomic E-state index is 11.9. The van der Waals surface area contributed by atoms with Crippen LogP contribution in [0.4, 0.5) is 5.69 Å². The molecule has 0 saturated heterocycles. The van der Waals surface area contributed by atoms with Gasteiger partial charge in [-0.15, -0.1) is 0 Å². The van der Waals surface area contributed by atoms with Crippen molar-refractivity contribution in [2.75, 3.05) is 11.9 Å². The second-order valence-corrected chi connectivity index (χ2v) is 6.23. The topological polar surface area (TPSA) is 58.2 Å². The minimum absolute atomic E-state index is 0.430. The summed E-state index contributed by atoms with van der Waals surface area (Å²) in [6.45, 7) is 6.67. The molecule has 0 unspecified atom stereocenters. The lowest BCUT2D eigenvalue weighted by Crippen LogP contribution is -2.36. The highest BCUT2D eigenvalue weighted by Crippen LogP contribution is 2.17. The summed E-state index contributed by atoms with van der Waals surface area (Å²) in [7, 11) is 0. The molecule has 4 nitrogen and oxygen atoms in total. The summed E-state index contributed by atoms with van der Waals surface area (Å²) >= 11 is 0. The first-order valence-corrected chi connectivity index (χ1v) is 8.20. The zero-order valence-corrected chi connectivity index (χ0v) is 14.4. The van der Waals surface area contributed by atoms with Gasteiger partial charge in [0.05, 0.1) is 0 Å². The Balaban J connectivity index is 1.80. The van der Waals surface area contributed by atoms with Crippen molar-refractivity contribution >= 4 is 17.5 Å². The Kier molecular flexibility index (Phi) is 6.13. The zero-order valence-electron chi connectivity index (χ0n) is 14.4. The molecular weight excluding hydrogens is 300 g/mol. The molecule has 4 heteroatoms. The molecule has 2 aromatic rings. The predicted molar refractivity (Wildman–Crippen MR) is 97.1 cm³/mol. The fourth-order valence-electron chi connectivity index (χ4n) is 2.41. The number of nitrogens with one attached hydrogen (secondary N) is 2. The van der Waals surface area contributed by atoms with E-state index in [2.05, 4.69) is 30.5 Å². The van der Waals surface area contributed by atoms with E-state index in [4.69, 9.17) is 0 Å².